The molecule has 1 heterocycles. The fourth-order valence-corrected chi connectivity index (χ4v) is 20.4. The minimum absolute atomic E-state index is 0.107. The van der Waals surface area contributed by atoms with E-state index >= 15 is 0 Å². The standard InChI is InChI=1S/C13H9.C11H6BrO.2ClH.H2S.Zr/c1-3-7-12-10(5-1)9-11-6-2-4-8-13(11)12;12-10-6-8-5-7-3-1-2-4-9(7)11(8)13-10;;;;/h1-9H;1-2,4-6,11H;2*1H;1H2;/q;;;;;+3/p-3. The number of halogens is 3. The second-order valence-electron chi connectivity index (χ2n) is 8.04. The Morgan fingerprint density at radius 1 is 0.800 bits per heavy atom. The summed E-state index contributed by atoms with van der Waals surface area (Å²) in [5, 5.41) is 0. The Morgan fingerprint density at radius 2 is 1.40 bits per heavy atom. The first-order valence-electron chi connectivity index (χ1n) is 9.73. The van der Waals surface area contributed by atoms with Gasteiger partial charge in [0.05, 0.1) is 0 Å². The van der Waals surface area contributed by atoms with E-state index in [4.69, 9.17) is 31.1 Å². The average molecular weight is 594 g/mol. The molecule has 149 valence electrons. The minimum atomic E-state index is -4.89. The molecule has 1 unspecified atom stereocenters. The van der Waals surface area contributed by atoms with Gasteiger partial charge in [0.2, 0.25) is 0 Å². The van der Waals surface area contributed by atoms with Crippen molar-refractivity contribution < 1.29 is 19.7 Å². The number of thiol groups is 1. The second-order valence-corrected chi connectivity index (χ2v) is 35.7. The van der Waals surface area contributed by atoms with Gasteiger partial charge in [-0.25, -0.2) is 0 Å². The molecule has 0 N–H and O–H groups in total. The van der Waals surface area contributed by atoms with Gasteiger partial charge in [0, 0.05) is 0 Å². The summed E-state index contributed by atoms with van der Waals surface area (Å²) in [5.41, 5.74) is 8.03. The van der Waals surface area contributed by atoms with Gasteiger partial charge in [-0.05, 0) is 0 Å². The zero-order valence-electron chi connectivity index (χ0n) is 15.6. The molecular formula is C24H16BrCl2OSZr. The van der Waals surface area contributed by atoms with Crippen molar-refractivity contribution >= 4 is 51.7 Å². The van der Waals surface area contributed by atoms with E-state index in [1.165, 1.54) is 22.3 Å². The van der Waals surface area contributed by atoms with Crippen LogP contribution in [-0.2, 0) is 19.7 Å². The van der Waals surface area contributed by atoms with E-state index in [9.17, 15) is 0 Å². The monoisotopic (exact) mass is 591 g/mol. The zero-order valence-corrected chi connectivity index (χ0v) is 22.1. The molecule has 0 aromatic heterocycles. The van der Waals surface area contributed by atoms with Crippen molar-refractivity contribution in [2.45, 2.75) is 9.73 Å². The van der Waals surface area contributed by atoms with Gasteiger partial charge in [-0.2, -0.15) is 0 Å². The van der Waals surface area contributed by atoms with E-state index in [1.54, 1.807) is 0 Å². The van der Waals surface area contributed by atoms with Crippen molar-refractivity contribution in [3.8, 4) is 11.1 Å². The third-order valence-corrected chi connectivity index (χ3v) is 22.1. The molecule has 2 aliphatic carbocycles. The molecule has 0 radical (unpaired) electrons. The van der Waals surface area contributed by atoms with Gasteiger partial charge in [0.15, 0.2) is 0 Å². The normalized spacial score (nSPS) is 20.3. The van der Waals surface area contributed by atoms with E-state index in [2.05, 4.69) is 82.7 Å². The number of hydrogen-bond acceptors (Lipinski definition) is 2. The van der Waals surface area contributed by atoms with E-state index in [-0.39, 0.29) is 9.73 Å². The quantitative estimate of drug-likeness (QED) is 0.301. The van der Waals surface area contributed by atoms with Gasteiger partial charge in [-0.3, -0.25) is 0 Å². The van der Waals surface area contributed by atoms with Gasteiger partial charge in [-0.1, -0.05) is 0 Å². The molecule has 0 saturated heterocycles. The Balaban J connectivity index is 1.61. The van der Waals surface area contributed by atoms with Crippen LogP contribution >= 0.6 is 42.3 Å². The Labute approximate surface area is 195 Å². The number of fused-ring (bicyclic) bond motifs is 6. The molecule has 3 aromatic rings. The summed E-state index contributed by atoms with van der Waals surface area (Å²) in [5.74, 6) is 0. The van der Waals surface area contributed by atoms with E-state index < -0.39 is 14.9 Å². The predicted octanol–water partition coefficient (Wildman–Crippen LogP) is 7.63. The molecule has 0 bridgehead atoms. The number of ether oxygens (including phenoxy) is 1. The van der Waals surface area contributed by atoms with Crippen LogP contribution in [0.15, 0.2) is 83.0 Å². The van der Waals surface area contributed by atoms with E-state index in [0.29, 0.717) is 0 Å². The summed E-state index contributed by atoms with van der Waals surface area (Å²) in [6, 6.07) is 23.0. The third-order valence-electron chi connectivity index (χ3n) is 6.35. The Hall–Kier alpha value is -0.767. The van der Waals surface area contributed by atoms with Gasteiger partial charge in [0.1, 0.15) is 0 Å². The van der Waals surface area contributed by atoms with Crippen LogP contribution < -0.4 is 3.27 Å². The van der Waals surface area contributed by atoms with Crippen molar-refractivity contribution in [3.05, 3.63) is 105 Å². The first-order valence-corrected chi connectivity index (χ1v) is 23.2. The van der Waals surface area contributed by atoms with Crippen molar-refractivity contribution in [1.29, 1.82) is 0 Å². The molecular weight excluding hydrogens is 578 g/mol. The van der Waals surface area contributed by atoms with Crippen LogP contribution in [0, 0.1) is 0 Å². The van der Waals surface area contributed by atoms with Crippen LogP contribution in [0.2, 0.25) is 0 Å². The van der Waals surface area contributed by atoms with Gasteiger partial charge in [0.25, 0.3) is 0 Å². The molecule has 1 nitrogen and oxygen atoms in total. The molecule has 6 rings (SSSR count). The molecule has 1 aliphatic heterocycles. The van der Waals surface area contributed by atoms with Crippen LogP contribution in [0.1, 0.15) is 32.0 Å². The first-order chi connectivity index (χ1) is 14.3. The first kappa shape index (κ1) is 19.9. The summed E-state index contributed by atoms with van der Waals surface area (Å²) >= 11 is -1.45. The van der Waals surface area contributed by atoms with Crippen LogP contribution in [0.4, 0.5) is 0 Å². The van der Waals surface area contributed by atoms with Crippen LogP contribution in [-0.4, -0.2) is 0 Å². The summed E-state index contributed by atoms with van der Waals surface area (Å²) in [4.78, 5) is 0. The predicted molar refractivity (Wildman–Crippen MR) is 129 cm³/mol. The average Bonchev–Trinajstić information content (AvgIpc) is 3.35. The zero-order chi connectivity index (χ0) is 20.7. The fourth-order valence-electron chi connectivity index (χ4n) is 5.15. The van der Waals surface area contributed by atoms with Gasteiger partial charge < -0.3 is 0 Å². The molecule has 3 aliphatic rings. The summed E-state index contributed by atoms with van der Waals surface area (Å²) in [7, 11) is 20.4. The molecule has 6 heteroatoms. The summed E-state index contributed by atoms with van der Waals surface area (Å²) < 4.78 is 7.58. The number of rotatable bonds is 2. The summed E-state index contributed by atoms with van der Waals surface area (Å²) in [6.45, 7) is 0. The van der Waals surface area contributed by atoms with Crippen LogP contribution in [0.3, 0.4) is 0 Å². The fraction of sp³-hybridized carbons (Fsp3) is 0.0833. The third kappa shape index (κ3) is 2.71. The van der Waals surface area contributed by atoms with Crippen molar-refractivity contribution in [2.24, 2.45) is 0 Å². The van der Waals surface area contributed by atoms with E-state index in [0.717, 1.165) is 24.6 Å². The Bertz CT molecular complexity index is 1260. The molecule has 3 aromatic carbocycles. The van der Waals surface area contributed by atoms with Crippen molar-refractivity contribution in [1.82, 2.24) is 0 Å². The maximum absolute atomic E-state index is 7.59. The topological polar surface area (TPSA) is 9.23 Å². The second kappa shape index (κ2) is 6.62. The van der Waals surface area contributed by atoms with Gasteiger partial charge in [-0.15, -0.1) is 0 Å². The van der Waals surface area contributed by atoms with Crippen molar-refractivity contribution in [3.63, 3.8) is 0 Å². The number of hydrogen-bond donors (Lipinski definition) is 1. The molecule has 0 saturated carbocycles. The van der Waals surface area contributed by atoms with Crippen LogP contribution in [0.5, 0.6) is 0 Å². The van der Waals surface area contributed by atoms with Crippen LogP contribution in [0.25, 0.3) is 17.2 Å². The molecule has 1 atom stereocenters. The number of benzene rings is 3. The Morgan fingerprint density at radius 3 is 2.07 bits per heavy atom. The van der Waals surface area contributed by atoms with Gasteiger partial charge >= 0.3 is 198 Å². The van der Waals surface area contributed by atoms with E-state index in [1.807, 2.05) is 12.1 Å². The molecule has 30 heavy (non-hydrogen) atoms. The van der Waals surface area contributed by atoms with Crippen molar-refractivity contribution in [2.75, 3.05) is 0 Å². The summed E-state index contributed by atoms with van der Waals surface area (Å²) in [6.07, 6.45) is 4.06. The Kier molecular flexibility index (Phi) is 4.39. The maximum atomic E-state index is 7.59. The molecule has 0 spiro atoms. The molecule has 0 fully saturated rings. The molecule has 0 amide bonds. The SMILES string of the molecule is [SH][Zr]([Cl])([Cl])([c]1cccc2c1C=C1C=C(Br)OC12)[CH]1c2ccccc2-c2ccccc21.